The Morgan fingerprint density at radius 3 is 2.55 bits per heavy atom. The molecule has 1 aromatic rings. The number of allylic oxidation sites excluding steroid dienone is 1. The summed E-state index contributed by atoms with van der Waals surface area (Å²) >= 11 is 0. The van der Waals surface area contributed by atoms with E-state index in [-0.39, 0.29) is 5.60 Å². The van der Waals surface area contributed by atoms with E-state index >= 15 is 0 Å². The second kappa shape index (κ2) is 11.3. The first-order chi connectivity index (χ1) is 13.9. The average molecular weight is 398 g/mol. The van der Waals surface area contributed by atoms with Gasteiger partial charge in [0.05, 0.1) is 12.7 Å². The molecule has 0 aromatic heterocycles. The predicted molar refractivity (Wildman–Crippen MR) is 121 cm³/mol. The van der Waals surface area contributed by atoms with E-state index in [2.05, 4.69) is 52.8 Å². The smallest absolute Gasteiger partial charge is 0.127 e. The maximum Gasteiger partial charge on any atom is 0.127 e. The van der Waals surface area contributed by atoms with Gasteiger partial charge in [0.15, 0.2) is 0 Å². The summed E-state index contributed by atoms with van der Waals surface area (Å²) in [4.78, 5) is 0. The molecule has 0 N–H and O–H groups in total. The van der Waals surface area contributed by atoms with Crippen LogP contribution in [0.3, 0.4) is 0 Å². The van der Waals surface area contributed by atoms with Crippen molar-refractivity contribution in [2.45, 2.75) is 104 Å². The second-order valence-electron chi connectivity index (χ2n) is 8.64. The molecule has 0 saturated carbocycles. The van der Waals surface area contributed by atoms with Gasteiger partial charge in [-0.05, 0) is 89.0 Å². The Bertz CT molecular complexity index is 744. The van der Waals surface area contributed by atoms with Crippen molar-refractivity contribution in [3.8, 4) is 17.6 Å². The van der Waals surface area contributed by atoms with Gasteiger partial charge in [-0.3, -0.25) is 0 Å². The predicted octanol–water partition coefficient (Wildman–Crippen LogP) is 7.29. The molecule has 1 aliphatic rings. The third kappa shape index (κ3) is 6.26. The van der Waals surface area contributed by atoms with Crippen molar-refractivity contribution in [1.29, 1.82) is 5.26 Å². The number of ether oxygens (including phenoxy) is 2. The van der Waals surface area contributed by atoms with Crippen LogP contribution in [-0.2, 0) is 6.42 Å². The van der Waals surface area contributed by atoms with Crippen LogP contribution < -0.4 is 9.47 Å². The highest BCUT2D eigenvalue weighted by molar-refractivity contribution is 5.59. The van der Waals surface area contributed by atoms with E-state index in [0.717, 1.165) is 63.1 Å². The van der Waals surface area contributed by atoms with Crippen LogP contribution in [0.25, 0.3) is 0 Å². The Morgan fingerprint density at radius 2 is 1.83 bits per heavy atom. The monoisotopic (exact) mass is 397 g/mol. The topological polar surface area (TPSA) is 42.2 Å². The van der Waals surface area contributed by atoms with Crippen LogP contribution in [0.2, 0.25) is 0 Å². The van der Waals surface area contributed by atoms with E-state index in [1.807, 2.05) is 0 Å². The van der Waals surface area contributed by atoms with Gasteiger partial charge in [-0.1, -0.05) is 32.3 Å². The minimum absolute atomic E-state index is 0.234. The van der Waals surface area contributed by atoms with Gasteiger partial charge in [0, 0.05) is 12.0 Å². The number of hydrogen-bond acceptors (Lipinski definition) is 3. The van der Waals surface area contributed by atoms with Crippen molar-refractivity contribution in [3.63, 3.8) is 0 Å². The Labute approximate surface area is 178 Å². The number of hydrogen-bond donors (Lipinski definition) is 0. The maximum atomic E-state index is 8.58. The summed E-state index contributed by atoms with van der Waals surface area (Å²) in [5.74, 6) is 2.13. The van der Waals surface area contributed by atoms with Gasteiger partial charge >= 0.3 is 0 Å². The summed E-state index contributed by atoms with van der Waals surface area (Å²) in [5.41, 5.74) is 4.77. The van der Waals surface area contributed by atoms with E-state index in [1.54, 1.807) is 0 Å². The Balaban J connectivity index is 2.02. The summed E-state index contributed by atoms with van der Waals surface area (Å²) in [6, 6.07) is 2.22. The van der Waals surface area contributed by atoms with Crippen molar-refractivity contribution in [2.75, 3.05) is 6.61 Å². The highest BCUT2D eigenvalue weighted by Gasteiger charge is 2.32. The highest BCUT2D eigenvalue weighted by Crippen LogP contribution is 2.44. The Morgan fingerprint density at radius 1 is 1.07 bits per heavy atom. The lowest BCUT2D eigenvalue weighted by molar-refractivity contribution is 0.112. The molecule has 29 heavy (non-hydrogen) atoms. The van der Waals surface area contributed by atoms with Crippen molar-refractivity contribution in [2.24, 2.45) is 0 Å². The molecule has 0 spiro atoms. The van der Waals surface area contributed by atoms with Crippen molar-refractivity contribution < 1.29 is 9.47 Å². The number of rotatable bonds is 11. The minimum atomic E-state index is -0.234. The molecule has 2 rings (SSSR count). The third-order valence-corrected chi connectivity index (χ3v) is 6.14. The van der Waals surface area contributed by atoms with Gasteiger partial charge in [-0.2, -0.15) is 5.26 Å². The molecule has 0 bridgehead atoms. The van der Waals surface area contributed by atoms with Gasteiger partial charge in [0.1, 0.15) is 17.1 Å². The van der Waals surface area contributed by atoms with Crippen LogP contribution in [0.1, 0.15) is 93.9 Å². The molecule has 0 saturated heterocycles. The molecular weight excluding hydrogens is 358 g/mol. The Kier molecular flexibility index (Phi) is 9.08. The summed E-state index contributed by atoms with van der Waals surface area (Å²) < 4.78 is 12.7. The van der Waals surface area contributed by atoms with E-state index in [0.29, 0.717) is 6.42 Å². The van der Waals surface area contributed by atoms with Gasteiger partial charge < -0.3 is 9.47 Å². The Hall–Kier alpha value is -1.95. The lowest BCUT2D eigenvalue weighted by Gasteiger charge is -2.36. The van der Waals surface area contributed by atoms with Crippen LogP contribution in [-0.4, -0.2) is 12.2 Å². The van der Waals surface area contributed by atoms with Crippen LogP contribution >= 0.6 is 0 Å². The zero-order chi connectivity index (χ0) is 21.3. The molecule has 3 heteroatoms. The molecule has 0 amide bonds. The molecular formula is C26H39NO2. The van der Waals surface area contributed by atoms with Gasteiger partial charge in [-0.15, -0.1) is 0 Å². The van der Waals surface area contributed by atoms with Crippen LogP contribution in [0, 0.1) is 32.1 Å². The summed E-state index contributed by atoms with van der Waals surface area (Å²) in [6.45, 7) is 11.7. The van der Waals surface area contributed by atoms with Crippen molar-refractivity contribution >= 4 is 0 Å². The molecule has 0 aliphatic carbocycles. The average Bonchev–Trinajstić information content (AvgIpc) is 2.71. The number of nitrogens with zero attached hydrogens (tertiary/aromatic N) is 1. The number of fused-ring (bicyclic) bond motifs is 1. The molecule has 160 valence electrons. The van der Waals surface area contributed by atoms with Gasteiger partial charge in [-0.25, -0.2) is 0 Å². The molecule has 1 unspecified atom stereocenters. The fraction of sp³-hybridized carbons (Fsp3) is 0.654. The third-order valence-electron chi connectivity index (χ3n) is 6.14. The quantitative estimate of drug-likeness (QED) is 0.291. The fourth-order valence-electron chi connectivity index (χ4n) is 4.06. The first-order valence-corrected chi connectivity index (χ1v) is 11.4. The van der Waals surface area contributed by atoms with E-state index in [9.17, 15) is 0 Å². The lowest BCUT2D eigenvalue weighted by atomic mass is 9.86. The summed E-state index contributed by atoms with van der Waals surface area (Å²) in [6.07, 6.45) is 15.1. The fourth-order valence-corrected chi connectivity index (χ4v) is 4.06. The summed E-state index contributed by atoms with van der Waals surface area (Å²) in [7, 11) is 0. The van der Waals surface area contributed by atoms with Crippen LogP contribution in [0.5, 0.6) is 11.5 Å². The zero-order valence-electron chi connectivity index (χ0n) is 19.2. The first kappa shape index (κ1) is 23.3. The van der Waals surface area contributed by atoms with E-state index in [1.165, 1.54) is 35.1 Å². The van der Waals surface area contributed by atoms with Gasteiger partial charge in [0.2, 0.25) is 0 Å². The molecule has 1 heterocycles. The summed E-state index contributed by atoms with van der Waals surface area (Å²) in [5, 5.41) is 8.58. The zero-order valence-corrected chi connectivity index (χ0v) is 19.2. The lowest BCUT2D eigenvalue weighted by Crippen LogP contribution is -2.35. The molecule has 1 aliphatic heterocycles. The van der Waals surface area contributed by atoms with E-state index in [4.69, 9.17) is 14.7 Å². The highest BCUT2D eigenvalue weighted by atomic mass is 16.5. The normalized spacial score (nSPS) is 18.3. The number of unbranched alkanes of at least 4 members (excludes halogenated alkanes) is 6. The number of benzene rings is 1. The molecule has 1 atom stereocenters. The molecule has 0 fully saturated rings. The maximum absolute atomic E-state index is 8.58. The van der Waals surface area contributed by atoms with Crippen LogP contribution in [0.4, 0.5) is 0 Å². The molecule has 0 radical (unpaired) electrons. The van der Waals surface area contributed by atoms with Gasteiger partial charge in [0.25, 0.3) is 0 Å². The molecule has 3 nitrogen and oxygen atoms in total. The SMILES string of the molecule is CCCCOc1c(C)c(C)c2c(c1C)CCC(C)(C=CCCCCCCC#N)O2. The van der Waals surface area contributed by atoms with Crippen molar-refractivity contribution in [1.82, 2.24) is 0 Å². The molecule has 1 aromatic carbocycles. The number of nitriles is 1. The minimum Gasteiger partial charge on any atom is -0.493 e. The second-order valence-corrected chi connectivity index (χ2v) is 8.64. The van der Waals surface area contributed by atoms with Crippen molar-refractivity contribution in [3.05, 3.63) is 34.4 Å². The van der Waals surface area contributed by atoms with E-state index < -0.39 is 0 Å². The standard InChI is InChI=1S/C26H39NO2/c1-6-7-19-28-24-20(2)21(3)25-23(22(24)4)15-17-26(5,29-25)16-13-11-9-8-10-12-14-18-27/h13,16H,6-12,14-15,17,19H2,1-5H3. The largest absolute Gasteiger partial charge is 0.493 e. The first-order valence-electron chi connectivity index (χ1n) is 11.4. The van der Waals surface area contributed by atoms with Crippen LogP contribution in [0.15, 0.2) is 12.2 Å².